The summed E-state index contributed by atoms with van der Waals surface area (Å²) in [6.07, 6.45) is 3.33. The van der Waals surface area contributed by atoms with E-state index in [-0.39, 0.29) is 18.1 Å². The number of rotatable bonds is 3. The number of hydrogen-bond acceptors (Lipinski definition) is 6. The van der Waals surface area contributed by atoms with Crippen molar-refractivity contribution in [1.82, 2.24) is 15.2 Å². The van der Waals surface area contributed by atoms with E-state index in [2.05, 4.69) is 15.2 Å². The second-order valence-corrected chi connectivity index (χ2v) is 4.88. The molecule has 2 aromatic rings. The molecule has 7 heteroatoms. The highest BCUT2D eigenvalue weighted by molar-refractivity contribution is 5.92. The molecule has 1 atom stereocenters. The number of nitrogens with one attached hydrogen (secondary N) is 1. The number of nitrogens with two attached hydrogens (primary N) is 1. The number of carbonyl (C=O) groups excluding carboxylic acids is 1. The Labute approximate surface area is 127 Å². The molecule has 0 bridgehead atoms. The molecule has 0 fully saturated rings. The Balaban J connectivity index is 2.18. The first-order valence-electron chi connectivity index (χ1n) is 6.92. The molecular formula is C15H16N4O3. The molecule has 7 nitrogen and oxygen atoms in total. The number of carbonyl (C=O) groups is 1. The highest BCUT2D eigenvalue weighted by Gasteiger charge is 2.38. The Bertz CT molecular complexity index is 737. The molecule has 0 aliphatic carbocycles. The first-order valence-corrected chi connectivity index (χ1v) is 6.92. The van der Waals surface area contributed by atoms with Gasteiger partial charge in [-0.25, -0.2) is 4.79 Å². The summed E-state index contributed by atoms with van der Waals surface area (Å²) in [6, 6.07) is 3.66. The third kappa shape index (κ3) is 2.20. The van der Waals surface area contributed by atoms with Crippen molar-refractivity contribution in [1.29, 1.82) is 0 Å². The second kappa shape index (κ2) is 5.51. The van der Waals surface area contributed by atoms with Gasteiger partial charge in [-0.1, -0.05) is 0 Å². The molecule has 0 radical (unpaired) electrons. The highest BCUT2D eigenvalue weighted by Crippen LogP contribution is 2.42. The lowest BCUT2D eigenvalue weighted by Gasteiger charge is -2.25. The summed E-state index contributed by atoms with van der Waals surface area (Å²) in [7, 11) is 0. The van der Waals surface area contributed by atoms with Crippen LogP contribution in [0.15, 0.2) is 36.0 Å². The van der Waals surface area contributed by atoms with E-state index in [1.165, 1.54) is 0 Å². The standard InChI is InChI=1S/C15H16N4O3/c1-3-21-15(20)12-11(9-4-6-17-7-5-9)10-8(2)18-19-14(10)22-13(12)16/h4-7,11H,3,16H2,1-2H3,(H,18,19)/t11-/m0/s1. The summed E-state index contributed by atoms with van der Waals surface area (Å²) in [6.45, 7) is 3.87. The van der Waals surface area contributed by atoms with Gasteiger partial charge in [0.15, 0.2) is 0 Å². The molecule has 22 heavy (non-hydrogen) atoms. The molecule has 3 rings (SSSR count). The smallest absolute Gasteiger partial charge is 0.340 e. The van der Waals surface area contributed by atoms with E-state index in [9.17, 15) is 4.79 Å². The largest absolute Gasteiger partial charge is 0.462 e. The van der Waals surface area contributed by atoms with Crippen molar-refractivity contribution in [3.05, 3.63) is 52.8 Å². The zero-order valence-electron chi connectivity index (χ0n) is 12.3. The lowest BCUT2D eigenvalue weighted by Crippen LogP contribution is -2.27. The molecule has 1 aliphatic heterocycles. The van der Waals surface area contributed by atoms with Crippen molar-refractivity contribution in [2.75, 3.05) is 6.61 Å². The van der Waals surface area contributed by atoms with E-state index in [0.29, 0.717) is 5.88 Å². The van der Waals surface area contributed by atoms with Gasteiger partial charge >= 0.3 is 5.97 Å². The van der Waals surface area contributed by atoms with Crippen LogP contribution in [0.3, 0.4) is 0 Å². The minimum atomic E-state index is -0.493. The molecule has 2 aromatic heterocycles. The van der Waals surface area contributed by atoms with Crippen LogP contribution in [0.5, 0.6) is 5.88 Å². The third-order valence-corrected chi connectivity index (χ3v) is 3.54. The molecule has 0 amide bonds. The normalized spacial score (nSPS) is 16.9. The van der Waals surface area contributed by atoms with Crippen molar-refractivity contribution in [3.8, 4) is 5.88 Å². The predicted molar refractivity (Wildman–Crippen MR) is 77.9 cm³/mol. The molecule has 0 saturated carbocycles. The van der Waals surface area contributed by atoms with Crippen LogP contribution in [0, 0.1) is 6.92 Å². The quantitative estimate of drug-likeness (QED) is 0.830. The van der Waals surface area contributed by atoms with Crippen LogP contribution in [0.4, 0.5) is 0 Å². The Morgan fingerprint density at radius 3 is 2.86 bits per heavy atom. The SMILES string of the molecule is CCOC(=O)C1=C(N)Oc2n[nH]c(C)c2[C@@H]1c1ccncc1. The van der Waals surface area contributed by atoms with E-state index >= 15 is 0 Å². The van der Waals surface area contributed by atoms with E-state index in [0.717, 1.165) is 16.8 Å². The molecule has 3 N–H and O–H groups in total. The topological polar surface area (TPSA) is 103 Å². The minimum Gasteiger partial charge on any atom is -0.462 e. The average Bonchev–Trinajstić information content (AvgIpc) is 2.88. The van der Waals surface area contributed by atoms with Crippen LogP contribution in [0.25, 0.3) is 0 Å². The van der Waals surface area contributed by atoms with E-state index in [1.807, 2.05) is 19.1 Å². The lowest BCUT2D eigenvalue weighted by atomic mass is 9.84. The van der Waals surface area contributed by atoms with Crippen LogP contribution >= 0.6 is 0 Å². The molecule has 0 spiro atoms. The van der Waals surface area contributed by atoms with Gasteiger partial charge in [0.05, 0.1) is 12.5 Å². The molecular weight excluding hydrogens is 284 g/mol. The summed E-state index contributed by atoms with van der Waals surface area (Å²) in [4.78, 5) is 16.4. The number of esters is 1. The molecule has 114 valence electrons. The van der Waals surface area contributed by atoms with Gasteiger partial charge in [-0.3, -0.25) is 10.1 Å². The Morgan fingerprint density at radius 1 is 1.45 bits per heavy atom. The van der Waals surface area contributed by atoms with Crippen LogP contribution in [0.1, 0.15) is 29.7 Å². The van der Waals surface area contributed by atoms with Crippen molar-refractivity contribution in [2.45, 2.75) is 19.8 Å². The third-order valence-electron chi connectivity index (χ3n) is 3.54. The first kappa shape index (κ1) is 14.1. The number of aromatic amines is 1. The Morgan fingerprint density at radius 2 is 2.18 bits per heavy atom. The number of pyridine rings is 1. The zero-order chi connectivity index (χ0) is 15.7. The van der Waals surface area contributed by atoms with E-state index in [4.69, 9.17) is 15.2 Å². The maximum atomic E-state index is 12.3. The number of aromatic nitrogens is 3. The number of nitrogens with zero attached hydrogens (tertiary/aromatic N) is 2. The lowest BCUT2D eigenvalue weighted by molar-refractivity contribution is -0.139. The van der Waals surface area contributed by atoms with Crippen LogP contribution in [-0.4, -0.2) is 27.8 Å². The van der Waals surface area contributed by atoms with Crippen molar-refractivity contribution in [2.24, 2.45) is 5.73 Å². The van der Waals surface area contributed by atoms with Gasteiger partial charge in [0, 0.05) is 23.7 Å². The summed E-state index contributed by atoms with van der Waals surface area (Å²) in [5, 5.41) is 6.96. The number of hydrogen-bond donors (Lipinski definition) is 2. The maximum Gasteiger partial charge on any atom is 0.340 e. The van der Waals surface area contributed by atoms with Gasteiger partial charge in [0.1, 0.15) is 5.57 Å². The summed E-state index contributed by atoms with van der Waals surface area (Å²) < 4.78 is 10.6. The predicted octanol–water partition coefficient (Wildman–Crippen LogP) is 1.37. The fraction of sp³-hybridized carbons (Fsp3) is 0.267. The maximum absolute atomic E-state index is 12.3. The number of ether oxygens (including phenoxy) is 2. The van der Waals surface area contributed by atoms with Crippen LogP contribution < -0.4 is 10.5 Å². The summed E-state index contributed by atoms with van der Waals surface area (Å²) in [5.41, 5.74) is 8.69. The summed E-state index contributed by atoms with van der Waals surface area (Å²) in [5.74, 6) is -0.498. The van der Waals surface area contributed by atoms with Gasteiger partial charge in [-0.05, 0) is 31.5 Å². The fourth-order valence-electron chi connectivity index (χ4n) is 2.60. The number of H-pyrrole nitrogens is 1. The Kier molecular flexibility index (Phi) is 3.54. The van der Waals surface area contributed by atoms with Gasteiger partial charge in [0.25, 0.3) is 0 Å². The number of fused-ring (bicyclic) bond motifs is 1. The monoisotopic (exact) mass is 300 g/mol. The highest BCUT2D eigenvalue weighted by atomic mass is 16.5. The number of aryl methyl sites for hydroxylation is 1. The molecule has 0 aromatic carbocycles. The van der Waals surface area contributed by atoms with Gasteiger partial charge in [0.2, 0.25) is 11.8 Å². The zero-order valence-corrected chi connectivity index (χ0v) is 12.3. The van der Waals surface area contributed by atoms with E-state index in [1.54, 1.807) is 19.3 Å². The minimum absolute atomic E-state index is 0.0132. The summed E-state index contributed by atoms with van der Waals surface area (Å²) >= 11 is 0. The molecule has 0 saturated heterocycles. The van der Waals surface area contributed by atoms with Crippen molar-refractivity contribution >= 4 is 5.97 Å². The van der Waals surface area contributed by atoms with E-state index < -0.39 is 11.9 Å². The Hall–Kier alpha value is -2.83. The average molecular weight is 300 g/mol. The molecule has 3 heterocycles. The van der Waals surface area contributed by atoms with Gasteiger partial charge < -0.3 is 15.2 Å². The van der Waals surface area contributed by atoms with Crippen molar-refractivity contribution in [3.63, 3.8) is 0 Å². The van der Waals surface area contributed by atoms with Gasteiger partial charge in [-0.2, -0.15) is 0 Å². The van der Waals surface area contributed by atoms with Gasteiger partial charge in [-0.15, -0.1) is 5.10 Å². The first-order chi connectivity index (χ1) is 10.6. The molecule has 0 unspecified atom stereocenters. The van der Waals surface area contributed by atoms with Crippen LogP contribution in [0.2, 0.25) is 0 Å². The van der Waals surface area contributed by atoms with Crippen molar-refractivity contribution < 1.29 is 14.3 Å². The molecule has 1 aliphatic rings. The van der Waals surface area contributed by atoms with Crippen LogP contribution in [-0.2, 0) is 9.53 Å². The fourth-order valence-corrected chi connectivity index (χ4v) is 2.60. The second-order valence-electron chi connectivity index (χ2n) is 4.88.